The zero-order valence-electron chi connectivity index (χ0n) is 11.0. The highest BCUT2D eigenvalue weighted by Crippen LogP contribution is 2.20. The number of hydrogen-bond acceptors (Lipinski definition) is 2. The first-order chi connectivity index (χ1) is 8.92. The molecule has 1 saturated carbocycles. The van der Waals surface area contributed by atoms with Crippen molar-refractivity contribution in [1.82, 2.24) is 10.2 Å². The maximum atomic E-state index is 12.3. The van der Waals surface area contributed by atoms with E-state index < -0.39 is 12.7 Å². The van der Waals surface area contributed by atoms with Crippen molar-refractivity contribution in [2.45, 2.75) is 38.1 Å². The van der Waals surface area contributed by atoms with Crippen LogP contribution in [0.25, 0.3) is 0 Å². The highest BCUT2D eigenvalue weighted by Gasteiger charge is 2.29. The minimum absolute atomic E-state index is 0.316. The predicted octanol–water partition coefficient (Wildman–Crippen LogP) is 2.93. The van der Waals surface area contributed by atoms with Crippen LogP contribution in [0.4, 0.5) is 13.2 Å². The molecule has 0 aliphatic heterocycles. The molecule has 1 aromatic carbocycles. The quantitative estimate of drug-likeness (QED) is 0.856. The molecular weight excluding hydrogens is 253 g/mol. The van der Waals surface area contributed by atoms with Gasteiger partial charge in [-0.2, -0.15) is 13.2 Å². The van der Waals surface area contributed by atoms with Crippen LogP contribution in [0.5, 0.6) is 0 Å². The van der Waals surface area contributed by atoms with Crippen LogP contribution in [-0.4, -0.2) is 30.7 Å². The second kappa shape index (κ2) is 5.92. The summed E-state index contributed by atoms with van der Waals surface area (Å²) in [6, 6.07) is 8.38. The van der Waals surface area contributed by atoms with Crippen LogP contribution in [0.3, 0.4) is 0 Å². The zero-order chi connectivity index (χ0) is 13.9. The Labute approximate surface area is 111 Å². The SMILES string of the molecule is CN(Cc1cccc(CNC2CC2)c1)CC(F)(F)F. The second-order valence-electron chi connectivity index (χ2n) is 5.26. The van der Waals surface area contributed by atoms with Gasteiger partial charge < -0.3 is 5.32 Å². The molecule has 1 aromatic rings. The van der Waals surface area contributed by atoms with Crippen molar-refractivity contribution in [3.8, 4) is 0 Å². The minimum atomic E-state index is -4.14. The number of rotatable bonds is 6. The molecule has 106 valence electrons. The van der Waals surface area contributed by atoms with Gasteiger partial charge in [0.2, 0.25) is 0 Å². The number of benzene rings is 1. The molecule has 1 aliphatic rings. The van der Waals surface area contributed by atoms with Gasteiger partial charge in [0.15, 0.2) is 0 Å². The average molecular weight is 272 g/mol. The molecule has 0 bridgehead atoms. The maximum absolute atomic E-state index is 12.3. The number of halogens is 3. The van der Waals surface area contributed by atoms with Gasteiger partial charge in [0.1, 0.15) is 0 Å². The van der Waals surface area contributed by atoms with Gasteiger partial charge in [-0.25, -0.2) is 0 Å². The Kier molecular flexibility index (Phi) is 4.47. The summed E-state index contributed by atoms with van der Waals surface area (Å²) in [6.07, 6.45) is -1.68. The first kappa shape index (κ1) is 14.3. The fraction of sp³-hybridized carbons (Fsp3) is 0.571. The third-order valence-electron chi connectivity index (χ3n) is 3.07. The molecule has 1 fully saturated rings. The third-order valence-corrected chi connectivity index (χ3v) is 3.07. The molecule has 2 nitrogen and oxygen atoms in total. The predicted molar refractivity (Wildman–Crippen MR) is 68.7 cm³/mol. The van der Waals surface area contributed by atoms with Crippen LogP contribution in [0.1, 0.15) is 24.0 Å². The van der Waals surface area contributed by atoms with Gasteiger partial charge in [-0.3, -0.25) is 4.90 Å². The van der Waals surface area contributed by atoms with E-state index in [-0.39, 0.29) is 0 Å². The van der Waals surface area contributed by atoms with Crippen molar-refractivity contribution >= 4 is 0 Å². The molecule has 5 heteroatoms. The van der Waals surface area contributed by atoms with E-state index in [1.807, 2.05) is 24.3 Å². The van der Waals surface area contributed by atoms with Gasteiger partial charge in [0.25, 0.3) is 0 Å². The summed E-state index contributed by atoms with van der Waals surface area (Å²) in [5, 5.41) is 3.40. The zero-order valence-corrected chi connectivity index (χ0v) is 11.0. The van der Waals surface area contributed by atoms with E-state index in [9.17, 15) is 13.2 Å². The molecule has 1 aliphatic carbocycles. The molecule has 0 atom stereocenters. The fourth-order valence-electron chi connectivity index (χ4n) is 2.06. The lowest BCUT2D eigenvalue weighted by Gasteiger charge is -2.18. The van der Waals surface area contributed by atoms with Gasteiger partial charge in [-0.05, 0) is 31.0 Å². The fourth-order valence-corrected chi connectivity index (χ4v) is 2.06. The molecule has 0 saturated heterocycles. The summed E-state index contributed by atoms with van der Waals surface area (Å²) in [4.78, 5) is 1.29. The Bertz CT molecular complexity index is 413. The first-order valence-corrected chi connectivity index (χ1v) is 6.49. The normalized spacial score (nSPS) is 16.1. The number of nitrogens with one attached hydrogen (secondary N) is 1. The molecule has 2 rings (SSSR count). The number of nitrogens with zero attached hydrogens (tertiary/aromatic N) is 1. The molecule has 0 aromatic heterocycles. The largest absolute Gasteiger partial charge is 0.401 e. The van der Waals surface area contributed by atoms with Gasteiger partial charge in [0.05, 0.1) is 6.54 Å². The van der Waals surface area contributed by atoms with E-state index in [0.717, 1.165) is 17.7 Å². The Morgan fingerprint density at radius 2 is 1.95 bits per heavy atom. The average Bonchev–Trinajstić information content (AvgIpc) is 3.07. The molecule has 0 unspecified atom stereocenters. The molecule has 0 radical (unpaired) electrons. The van der Waals surface area contributed by atoms with Gasteiger partial charge in [0, 0.05) is 19.1 Å². The summed E-state index contributed by atoms with van der Waals surface area (Å²) in [7, 11) is 1.49. The van der Waals surface area contributed by atoms with E-state index in [1.54, 1.807) is 0 Å². The van der Waals surface area contributed by atoms with Gasteiger partial charge in [-0.15, -0.1) is 0 Å². The number of hydrogen-bond donors (Lipinski definition) is 1. The van der Waals surface area contributed by atoms with Crippen LogP contribution in [-0.2, 0) is 13.1 Å². The van der Waals surface area contributed by atoms with E-state index >= 15 is 0 Å². The molecule has 0 heterocycles. The maximum Gasteiger partial charge on any atom is 0.401 e. The topological polar surface area (TPSA) is 15.3 Å². The van der Waals surface area contributed by atoms with Crippen LogP contribution >= 0.6 is 0 Å². The molecular formula is C14H19F3N2. The first-order valence-electron chi connectivity index (χ1n) is 6.49. The van der Waals surface area contributed by atoms with E-state index in [0.29, 0.717) is 12.6 Å². The van der Waals surface area contributed by atoms with Gasteiger partial charge in [-0.1, -0.05) is 24.3 Å². The molecule has 1 N–H and O–H groups in total. The highest BCUT2D eigenvalue weighted by atomic mass is 19.4. The van der Waals surface area contributed by atoms with E-state index in [4.69, 9.17) is 0 Å². The second-order valence-corrected chi connectivity index (χ2v) is 5.26. The van der Waals surface area contributed by atoms with Crippen molar-refractivity contribution in [2.24, 2.45) is 0 Å². The van der Waals surface area contributed by atoms with E-state index in [1.165, 1.54) is 24.8 Å². The van der Waals surface area contributed by atoms with Crippen LogP contribution in [0, 0.1) is 0 Å². The Hall–Kier alpha value is -1.07. The summed E-state index contributed by atoms with van der Waals surface area (Å²) < 4.78 is 36.8. The summed E-state index contributed by atoms with van der Waals surface area (Å²) >= 11 is 0. The van der Waals surface area contributed by atoms with E-state index in [2.05, 4.69) is 5.32 Å². The Balaban J connectivity index is 1.86. The van der Waals surface area contributed by atoms with Crippen molar-refractivity contribution in [2.75, 3.05) is 13.6 Å². The van der Waals surface area contributed by atoms with Crippen molar-refractivity contribution < 1.29 is 13.2 Å². The number of alkyl halides is 3. The summed E-state index contributed by atoms with van der Waals surface area (Å²) in [5.74, 6) is 0. The lowest BCUT2D eigenvalue weighted by molar-refractivity contribution is -0.144. The lowest BCUT2D eigenvalue weighted by Crippen LogP contribution is -2.30. The smallest absolute Gasteiger partial charge is 0.310 e. The highest BCUT2D eigenvalue weighted by molar-refractivity contribution is 5.23. The van der Waals surface area contributed by atoms with Crippen LogP contribution in [0.2, 0.25) is 0 Å². The standard InChI is InChI=1S/C14H19F3N2/c1-19(10-14(15,16)17)9-12-4-2-3-11(7-12)8-18-13-5-6-13/h2-4,7,13,18H,5-6,8-10H2,1H3. The van der Waals surface area contributed by atoms with Crippen LogP contribution in [0.15, 0.2) is 24.3 Å². The van der Waals surface area contributed by atoms with Gasteiger partial charge >= 0.3 is 6.18 Å². The van der Waals surface area contributed by atoms with Crippen molar-refractivity contribution in [1.29, 1.82) is 0 Å². The lowest BCUT2D eigenvalue weighted by atomic mass is 10.1. The molecule has 0 amide bonds. The summed E-state index contributed by atoms with van der Waals surface area (Å²) in [5.41, 5.74) is 2.05. The molecule has 0 spiro atoms. The van der Waals surface area contributed by atoms with Crippen molar-refractivity contribution in [3.63, 3.8) is 0 Å². The Morgan fingerprint density at radius 1 is 1.26 bits per heavy atom. The van der Waals surface area contributed by atoms with Crippen LogP contribution < -0.4 is 5.32 Å². The molecule has 19 heavy (non-hydrogen) atoms. The third kappa shape index (κ3) is 5.61. The van der Waals surface area contributed by atoms with Crippen molar-refractivity contribution in [3.05, 3.63) is 35.4 Å². The summed E-state index contributed by atoms with van der Waals surface area (Å²) in [6.45, 7) is 0.232. The minimum Gasteiger partial charge on any atom is -0.310 e. The Morgan fingerprint density at radius 3 is 2.58 bits per heavy atom. The monoisotopic (exact) mass is 272 g/mol.